The van der Waals surface area contributed by atoms with Gasteiger partial charge in [-0.25, -0.2) is 17.5 Å². The van der Waals surface area contributed by atoms with Gasteiger partial charge >= 0.3 is 0 Å². The fourth-order valence-corrected chi connectivity index (χ4v) is 2.38. The lowest BCUT2D eigenvalue weighted by Gasteiger charge is -2.06. The third-order valence-electron chi connectivity index (χ3n) is 2.04. The number of nitrogen functional groups attached to an aromatic ring is 1. The van der Waals surface area contributed by atoms with E-state index in [4.69, 9.17) is 5.73 Å². The van der Waals surface area contributed by atoms with Gasteiger partial charge in [-0.15, -0.1) is 0 Å². The number of benzene rings is 1. The summed E-state index contributed by atoms with van der Waals surface area (Å²) in [6.45, 7) is 2.12. The Bertz CT molecular complexity index is 492. The average Bonchev–Trinajstić information content (AvgIpc) is 2.23. The molecule has 0 unspecified atom stereocenters. The van der Waals surface area contributed by atoms with Crippen LogP contribution in [-0.4, -0.2) is 15.0 Å². The Balaban J connectivity index is 2.82. The summed E-state index contributed by atoms with van der Waals surface area (Å²) in [5, 5.41) is 0. The highest BCUT2D eigenvalue weighted by atomic mass is 32.2. The van der Waals surface area contributed by atoms with Crippen LogP contribution >= 0.6 is 0 Å². The lowest BCUT2D eigenvalue weighted by Crippen LogP contribution is -2.24. The molecule has 0 aromatic heterocycles. The summed E-state index contributed by atoms with van der Waals surface area (Å²) in [5.41, 5.74) is 5.47. The Morgan fingerprint density at radius 2 is 2.12 bits per heavy atom. The standard InChI is InChI=1S/C11H15FN2O2S/c1-2-3-4-5-14-17(15,16)11-7-9(12)6-10(13)8-11/h2-3,6-8,14H,4-5,13H2,1H3/b3-2+. The summed E-state index contributed by atoms with van der Waals surface area (Å²) < 4.78 is 38.9. The van der Waals surface area contributed by atoms with Gasteiger partial charge in [-0.2, -0.15) is 0 Å². The molecule has 3 N–H and O–H groups in total. The Kier molecular flexibility index (Phi) is 4.65. The van der Waals surface area contributed by atoms with E-state index < -0.39 is 15.8 Å². The predicted octanol–water partition coefficient (Wildman–Crippen LogP) is 1.65. The first-order valence-corrected chi connectivity index (χ1v) is 6.61. The molecular formula is C11H15FN2O2S. The summed E-state index contributed by atoms with van der Waals surface area (Å²) in [4.78, 5) is -0.157. The normalized spacial score (nSPS) is 12.1. The summed E-state index contributed by atoms with van der Waals surface area (Å²) in [7, 11) is -3.69. The molecule has 0 fully saturated rings. The number of nitrogens with two attached hydrogens (primary N) is 1. The van der Waals surface area contributed by atoms with E-state index in [0.717, 1.165) is 12.1 Å². The van der Waals surface area contributed by atoms with Crippen molar-refractivity contribution in [3.8, 4) is 0 Å². The highest BCUT2D eigenvalue weighted by Gasteiger charge is 2.14. The maximum Gasteiger partial charge on any atom is 0.240 e. The zero-order valence-corrected chi connectivity index (χ0v) is 10.3. The molecule has 0 heterocycles. The van der Waals surface area contributed by atoms with E-state index in [-0.39, 0.29) is 17.1 Å². The first-order valence-electron chi connectivity index (χ1n) is 5.12. The van der Waals surface area contributed by atoms with Gasteiger partial charge in [0.25, 0.3) is 0 Å². The molecule has 94 valence electrons. The first-order chi connectivity index (χ1) is 7.95. The van der Waals surface area contributed by atoms with Crippen molar-refractivity contribution < 1.29 is 12.8 Å². The molecule has 17 heavy (non-hydrogen) atoms. The van der Waals surface area contributed by atoms with Crippen molar-refractivity contribution in [3.63, 3.8) is 0 Å². The van der Waals surface area contributed by atoms with Gasteiger partial charge < -0.3 is 5.73 Å². The fourth-order valence-electron chi connectivity index (χ4n) is 1.27. The molecule has 0 aliphatic heterocycles. The maximum absolute atomic E-state index is 13.0. The molecule has 6 heteroatoms. The molecule has 1 aromatic carbocycles. The quantitative estimate of drug-likeness (QED) is 0.479. The minimum Gasteiger partial charge on any atom is -0.399 e. The molecule has 1 rings (SSSR count). The topological polar surface area (TPSA) is 72.2 Å². The smallest absolute Gasteiger partial charge is 0.240 e. The fraction of sp³-hybridized carbons (Fsp3) is 0.273. The van der Waals surface area contributed by atoms with E-state index >= 15 is 0 Å². The molecular weight excluding hydrogens is 243 g/mol. The molecule has 4 nitrogen and oxygen atoms in total. The molecule has 0 saturated carbocycles. The molecule has 0 aliphatic rings. The Hall–Kier alpha value is -1.40. The number of rotatable bonds is 5. The van der Waals surface area contributed by atoms with E-state index in [1.54, 1.807) is 0 Å². The van der Waals surface area contributed by atoms with Crippen LogP contribution in [0, 0.1) is 5.82 Å². The van der Waals surface area contributed by atoms with Gasteiger partial charge in [0.2, 0.25) is 10.0 Å². The van der Waals surface area contributed by atoms with Crippen molar-refractivity contribution in [1.29, 1.82) is 0 Å². The second-order valence-electron chi connectivity index (χ2n) is 3.48. The molecule has 0 saturated heterocycles. The van der Waals surface area contributed by atoms with E-state index in [0.29, 0.717) is 6.42 Å². The zero-order valence-electron chi connectivity index (χ0n) is 9.48. The first kappa shape index (κ1) is 13.7. The predicted molar refractivity (Wildman–Crippen MR) is 65.4 cm³/mol. The molecule has 1 aromatic rings. The number of allylic oxidation sites excluding steroid dienone is 1. The van der Waals surface area contributed by atoms with Crippen molar-refractivity contribution in [1.82, 2.24) is 4.72 Å². The second-order valence-corrected chi connectivity index (χ2v) is 5.24. The van der Waals surface area contributed by atoms with Gasteiger partial charge in [-0.1, -0.05) is 12.2 Å². The van der Waals surface area contributed by atoms with Crippen LogP contribution in [0.25, 0.3) is 0 Å². The SMILES string of the molecule is C/C=C/CCNS(=O)(=O)c1cc(N)cc(F)c1. The lowest BCUT2D eigenvalue weighted by molar-refractivity contribution is 0.578. The van der Waals surface area contributed by atoms with Crippen LogP contribution in [0.3, 0.4) is 0 Å². The monoisotopic (exact) mass is 258 g/mol. The number of anilines is 1. The van der Waals surface area contributed by atoms with Gasteiger partial charge in [0.1, 0.15) is 5.82 Å². The minimum absolute atomic E-state index is 0.0822. The van der Waals surface area contributed by atoms with Gasteiger partial charge in [0.15, 0.2) is 0 Å². The summed E-state index contributed by atoms with van der Waals surface area (Å²) in [6, 6.07) is 3.23. The van der Waals surface area contributed by atoms with E-state index in [1.165, 1.54) is 6.07 Å². The van der Waals surface area contributed by atoms with E-state index in [9.17, 15) is 12.8 Å². The summed E-state index contributed by atoms with van der Waals surface area (Å²) in [6.07, 6.45) is 4.25. The average molecular weight is 258 g/mol. The van der Waals surface area contributed by atoms with Gasteiger partial charge in [0, 0.05) is 12.2 Å². The van der Waals surface area contributed by atoms with Crippen molar-refractivity contribution in [2.75, 3.05) is 12.3 Å². The van der Waals surface area contributed by atoms with Crippen LogP contribution in [-0.2, 0) is 10.0 Å². The van der Waals surface area contributed by atoms with Crippen molar-refractivity contribution in [3.05, 3.63) is 36.2 Å². The lowest BCUT2D eigenvalue weighted by atomic mass is 10.3. The molecule has 0 aliphatic carbocycles. The van der Waals surface area contributed by atoms with Crippen LogP contribution in [0.4, 0.5) is 10.1 Å². The number of halogens is 1. The van der Waals surface area contributed by atoms with Gasteiger partial charge in [-0.3, -0.25) is 0 Å². The molecule has 0 amide bonds. The molecule has 0 spiro atoms. The highest BCUT2D eigenvalue weighted by Crippen LogP contribution is 2.15. The maximum atomic E-state index is 13.0. The molecule has 0 bridgehead atoms. The second kappa shape index (κ2) is 5.79. The third-order valence-corrected chi connectivity index (χ3v) is 3.48. The van der Waals surface area contributed by atoms with Crippen LogP contribution < -0.4 is 10.5 Å². The Morgan fingerprint density at radius 1 is 1.41 bits per heavy atom. The zero-order chi connectivity index (χ0) is 12.9. The largest absolute Gasteiger partial charge is 0.399 e. The number of hydrogen-bond donors (Lipinski definition) is 2. The van der Waals surface area contributed by atoms with Gasteiger partial charge in [-0.05, 0) is 31.5 Å². The summed E-state index contributed by atoms with van der Waals surface area (Å²) >= 11 is 0. The van der Waals surface area contributed by atoms with E-state index in [2.05, 4.69) is 4.72 Å². The van der Waals surface area contributed by atoms with Gasteiger partial charge in [0.05, 0.1) is 4.90 Å². The Morgan fingerprint density at radius 3 is 2.71 bits per heavy atom. The van der Waals surface area contributed by atoms with Crippen molar-refractivity contribution in [2.45, 2.75) is 18.2 Å². The number of sulfonamides is 1. The third kappa shape index (κ3) is 4.16. The van der Waals surface area contributed by atoms with E-state index in [1.807, 2.05) is 19.1 Å². The van der Waals surface area contributed by atoms with Crippen LogP contribution in [0.2, 0.25) is 0 Å². The molecule has 0 radical (unpaired) electrons. The minimum atomic E-state index is -3.69. The van der Waals surface area contributed by atoms with Crippen molar-refractivity contribution >= 4 is 15.7 Å². The van der Waals surface area contributed by atoms with Crippen LogP contribution in [0.15, 0.2) is 35.2 Å². The van der Waals surface area contributed by atoms with Crippen LogP contribution in [0.5, 0.6) is 0 Å². The summed E-state index contributed by atoms with van der Waals surface area (Å²) in [5.74, 6) is -0.668. The van der Waals surface area contributed by atoms with Crippen LogP contribution in [0.1, 0.15) is 13.3 Å². The Labute approximate surface area is 100 Å². The van der Waals surface area contributed by atoms with Crippen molar-refractivity contribution in [2.24, 2.45) is 0 Å². The number of hydrogen-bond acceptors (Lipinski definition) is 3. The molecule has 0 atom stereocenters. The number of nitrogens with one attached hydrogen (secondary N) is 1. The highest BCUT2D eigenvalue weighted by molar-refractivity contribution is 7.89.